The first-order chi connectivity index (χ1) is 13.1. The predicted molar refractivity (Wildman–Crippen MR) is 93.8 cm³/mol. The van der Waals surface area contributed by atoms with Crippen molar-refractivity contribution in [2.24, 2.45) is 0 Å². The molecule has 1 fully saturated rings. The summed E-state index contributed by atoms with van der Waals surface area (Å²) in [4.78, 5) is 17.1. The molecule has 0 bridgehead atoms. The number of hydrogen-bond acceptors (Lipinski definition) is 6. The van der Waals surface area contributed by atoms with Crippen LogP contribution in [0.15, 0.2) is 30.3 Å². The Kier molecular flexibility index (Phi) is 4.44. The predicted octanol–water partition coefficient (Wildman–Crippen LogP) is 1.94. The molecule has 1 aliphatic rings. The third-order valence-corrected chi connectivity index (χ3v) is 4.81. The van der Waals surface area contributed by atoms with Crippen molar-refractivity contribution in [2.45, 2.75) is 18.4 Å². The number of pyridine rings is 1. The highest BCUT2D eigenvalue weighted by atomic mass is 19.1. The van der Waals surface area contributed by atoms with Crippen molar-refractivity contribution >= 4 is 17.1 Å². The molecule has 2 aromatic heterocycles. The monoisotopic (exact) mass is 371 g/mol. The summed E-state index contributed by atoms with van der Waals surface area (Å²) in [7, 11) is 1.41. The lowest BCUT2D eigenvalue weighted by atomic mass is 9.82. The van der Waals surface area contributed by atoms with E-state index in [1.807, 2.05) is 0 Å². The summed E-state index contributed by atoms with van der Waals surface area (Å²) in [5.74, 6) is -0.763. The van der Waals surface area contributed by atoms with Gasteiger partial charge in [-0.25, -0.2) is 9.37 Å². The molecule has 3 heterocycles. The number of aromatic amines is 1. The second-order valence-electron chi connectivity index (χ2n) is 6.33. The van der Waals surface area contributed by atoms with E-state index in [9.17, 15) is 9.18 Å². The van der Waals surface area contributed by atoms with Crippen molar-refractivity contribution in [3.8, 4) is 5.75 Å². The van der Waals surface area contributed by atoms with Gasteiger partial charge in [0.15, 0.2) is 11.6 Å². The quantitative estimate of drug-likeness (QED) is 0.727. The molecule has 1 aromatic carbocycles. The molecule has 1 aliphatic heterocycles. The van der Waals surface area contributed by atoms with Gasteiger partial charge >= 0.3 is 0 Å². The number of fused-ring (bicyclic) bond motifs is 1. The zero-order valence-corrected chi connectivity index (χ0v) is 14.7. The Balaban J connectivity index is 1.71. The molecule has 0 aliphatic carbocycles. The first kappa shape index (κ1) is 17.3. The van der Waals surface area contributed by atoms with Crippen LogP contribution in [-0.4, -0.2) is 46.6 Å². The number of amides is 1. The lowest BCUT2D eigenvalue weighted by Gasteiger charge is -2.38. The van der Waals surface area contributed by atoms with Gasteiger partial charge in [0.1, 0.15) is 11.2 Å². The molecule has 9 heteroatoms. The molecular weight excluding hydrogens is 353 g/mol. The Morgan fingerprint density at radius 3 is 2.85 bits per heavy atom. The first-order valence-corrected chi connectivity index (χ1v) is 8.54. The van der Waals surface area contributed by atoms with E-state index in [1.165, 1.54) is 7.11 Å². The van der Waals surface area contributed by atoms with Crippen LogP contribution in [0.3, 0.4) is 0 Å². The zero-order chi connectivity index (χ0) is 18.9. The highest BCUT2D eigenvalue weighted by molar-refractivity contribution is 5.94. The lowest BCUT2D eigenvalue weighted by Crippen LogP contribution is -2.50. The number of hydrogen-bond donors (Lipinski definition) is 2. The van der Waals surface area contributed by atoms with E-state index in [2.05, 4.69) is 25.7 Å². The normalized spacial score (nSPS) is 16.2. The van der Waals surface area contributed by atoms with Gasteiger partial charge in [-0.2, -0.15) is 10.3 Å². The topological polar surface area (TPSA) is 102 Å². The minimum Gasteiger partial charge on any atom is -0.494 e. The number of ether oxygens (including phenoxy) is 2. The SMILES string of the molecule is COc1cccc(C2(NC(=O)c3ccc4n[nH]nc4n3)CCOCC2)c1F. The summed E-state index contributed by atoms with van der Waals surface area (Å²) in [6.07, 6.45) is 0.879. The Hall–Kier alpha value is -3.07. The Morgan fingerprint density at radius 2 is 2.07 bits per heavy atom. The Bertz CT molecular complexity index is 984. The van der Waals surface area contributed by atoms with Crippen LogP contribution >= 0.6 is 0 Å². The van der Waals surface area contributed by atoms with Gasteiger partial charge in [0, 0.05) is 18.8 Å². The summed E-state index contributed by atoms with van der Waals surface area (Å²) in [6, 6.07) is 8.14. The maximum absolute atomic E-state index is 15.0. The zero-order valence-electron chi connectivity index (χ0n) is 14.7. The fourth-order valence-electron chi connectivity index (χ4n) is 3.36. The van der Waals surface area contributed by atoms with Crippen LogP contribution in [0.4, 0.5) is 4.39 Å². The number of rotatable bonds is 4. The van der Waals surface area contributed by atoms with Gasteiger partial charge in [-0.15, -0.1) is 5.10 Å². The number of carbonyl (C=O) groups excluding carboxylic acids is 1. The summed E-state index contributed by atoms with van der Waals surface area (Å²) in [5, 5.41) is 13.3. The van der Waals surface area contributed by atoms with E-state index in [-0.39, 0.29) is 11.4 Å². The number of halogens is 1. The number of benzene rings is 1. The average molecular weight is 371 g/mol. The molecule has 140 valence electrons. The van der Waals surface area contributed by atoms with Gasteiger partial charge in [0.2, 0.25) is 5.65 Å². The van der Waals surface area contributed by atoms with Crippen LogP contribution in [0, 0.1) is 5.82 Å². The minimum atomic E-state index is -0.908. The third-order valence-electron chi connectivity index (χ3n) is 4.81. The van der Waals surface area contributed by atoms with Gasteiger partial charge in [0.25, 0.3) is 5.91 Å². The lowest BCUT2D eigenvalue weighted by molar-refractivity contribution is 0.0330. The molecular formula is C18H18FN5O3. The van der Waals surface area contributed by atoms with Crippen molar-refractivity contribution in [1.29, 1.82) is 0 Å². The molecule has 0 atom stereocenters. The molecule has 0 unspecified atom stereocenters. The van der Waals surface area contributed by atoms with Gasteiger partial charge < -0.3 is 14.8 Å². The Morgan fingerprint density at radius 1 is 1.26 bits per heavy atom. The molecule has 4 rings (SSSR count). The average Bonchev–Trinajstić information content (AvgIpc) is 3.16. The second kappa shape index (κ2) is 6.92. The summed E-state index contributed by atoms with van der Waals surface area (Å²) in [6.45, 7) is 0.819. The largest absolute Gasteiger partial charge is 0.494 e. The van der Waals surface area contributed by atoms with Crippen LogP contribution in [-0.2, 0) is 10.3 Å². The molecule has 1 amide bonds. The van der Waals surface area contributed by atoms with E-state index in [0.29, 0.717) is 42.8 Å². The van der Waals surface area contributed by atoms with Crippen molar-refractivity contribution in [3.63, 3.8) is 0 Å². The molecule has 0 saturated carbocycles. The van der Waals surface area contributed by atoms with Crippen LogP contribution in [0.1, 0.15) is 28.9 Å². The van der Waals surface area contributed by atoms with Crippen molar-refractivity contribution in [2.75, 3.05) is 20.3 Å². The summed E-state index contributed by atoms with van der Waals surface area (Å²) in [5.41, 5.74) is 0.558. The first-order valence-electron chi connectivity index (χ1n) is 8.54. The third kappa shape index (κ3) is 3.10. The number of carbonyl (C=O) groups is 1. The fraction of sp³-hybridized carbons (Fsp3) is 0.333. The smallest absolute Gasteiger partial charge is 0.270 e. The van der Waals surface area contributed by atoms with Crippen molar-refractivity contribution < 1.29 is 18.7 Å². The van der Waals surface area contributed by atoms with E-state index < -0.39 is 17.3 Å². The van der Waals surface area contributed by atoms with E-state index in [1.54, 1.807) is 30.3 Å². The number of H-pyrrole nitrogens is 1. The number of methoxy groups -OCH3 is 1. The fourth-order valence-corrected chi connectivity index (χ4v) is 3.36. The molecule has 0 spiro atoms. The highest BCUT2D eigenvalue weighted by Crippen LogP contribution is 2.36. The van der Waals surface area contributed by atoms with Crippen LogP contribution in [0.5, 0.6) is 5.75 Å². The molecule has 8 nitrogen and oxygen atoms in total. The van der Waals surface area contributed by atoms with Crippen LogP contribution in [0.25, 0.3) is 11.2 Å². The number of nitrogens with zero attached hydrogens (tertiary/aromatic N) is 3. The van der Waals surface area contributed by atoms with E-state index >= 15 is 0 Å². The number of aromatic nitrogens is 4. The van der Waals surface area contributed by atoms with Gasteiger partial charge in [-0.3, -0.25) is 4.79 Å². The molecule has 3 aromatic rings. The minimum absolute atomic E-state index is 0.134. The molecule has 27 heavy (non-hydrogen) atoms. The van der Waals surface area contributed by atoms with Gasteiger partial charge in [-0.05, 0) is 31.0 Å². The van der Waals surface area contributed by atoms with Crippen LogP contribution < -0.4 is 10.1 Å². The Labute approximate surface area is 154 Å². The van der Waals surface area contributed by atoms with E-state index in [0.717, 1.165) is 0 Å². The van der Waals surface area contributed by atoms with Crippen molar-refractivity contribution in [3.05, 3.63) is 47.4 Å². The summed E-state index contributed by atoms with van der Waals surface area (Å²) >= 11 is 0. The van der Waals surface area contributed by atoms with Gasteiger partial charge in [-0.1, -0.05) is 12.1 Å². The number of nitrogens with one attached hydrogen (secondary N) is 2. The van der Waals surface area contributed by atoms with Crippen LogP contribution in [0.2, 0.25) is 0 Å². The van der Waals surface area contributed by atoms with Gasteiger partial charge in [0.05, 0.1) is 12.6 Å². The molecule has 1 saturated heterocycles. The molecule has 2 N–H and O–H groups in total. The highest BCUT2D eigenvalue weighted by Gasteiger charge is 2.39. The van der Waals surface area contributed by atoms with Crippen molar-refractivity contribution in [1.82, 2.24) is 25.7 Å². The second-order valence-corrected chi connectivity index (χ2v) is 6.33. The maximum Gasteiger partial charge on any atom is 0.270 e. The van der Waals surface area contributed by atoms with E-state index in [4.69, 9.17) is 9.47 Å². The standard InChI is InChI=1S/C18H18FN5O3/c1-26-14-4-2-3-11(15(14)19)18(7-9-27-10-8-18)21-17(25)13-6-5-12-16(20-13)23-24-22-12/h2-6H,7-10H2,1H3,(H,21,25)(H,20,22,23,24). The molecule has 0 radical (unpaired) electrons. The summed E-state index contributed by atoms with van der Waals surface area (Å²) < 4.78 is 25.5. The maximum atomic E-state index is 15.0.